The summed E-state index contributed by atoms with van der Waals surface area (Å²) in [6.45, 7) is 0.496. The predicted molar refractivity (Wildman–Crippen MR) is 84.1 cm³/mol. The third kappa shape index (κ3) is 3.20. The molecule has 0 N–H and O–H groups in total. The molecule has 3 rings (SSSR count). The molecule has 0 amide bonds. The fraction of sp³-hybridized carbons (Fsp3) is 0.294. The molecule has 1 fully saturated rings. The fourth-order valence-electron chi connectivity index (χ4n) is 2.99. The van der Waals surface area contributed by atoms with Gasteiger partial charge in [0.05, 0.1) is 5.75 Å². The van der Waals surface area contributed by atoms with Crippen molar-refractivity contribution in [2.45, 2.75) is 24.6 Å². The van der Waals surface area contributed by atoms with E-state index in [1.54, 1.807) is 12.1 Å². The second-order valence-corrected chi connectivity index (χ2v) is 7.49. The van der Waals surface area contributed by atoms with Gasteiger partial charge >= 0.3 is 0 Å². The number of benzene rings is 2. The molecule has 2 aromatic carbocycles. The summed E-state index contributed by atoms with van der Waals surface area (Å²) in [5.41, 5.74) is 1.50. The first kappa shape index (κ1) is 15.2. The minimum absolute atomic E-state index is 0.0142. The quantitative estimate of drug-likeness (QED) is 0.865. The molecular formula is C17H18FNO2S. The Kier molecular flexibility index (Phi) is 4.27. The smallest absolute Gasteiger partial charge is 0.212 e. The lowest BCUT2D eigenvalue weighted by Crippen LogP contribution is -2.31. The van der Waals surface area contributed by atoms with Crippen LogP contribution >= 0.6 is 0 Å². The molecule has 5 heteroatoms. The van der Waals surface area contributed by atoms with Crippen LogP contribution in [0, 0.1) is 5.82 Å². The number of hydrogen-bond acceptors (Lipinski definition) is 2. The topological polar surface area (TPSA) is 37.4 Å². The monoisotopic (exact) mass is 319 g/mol. The third-order valence-corrected chi connectivity index (χ3v) is 5.84. The molecule has 0 aromatic heterocycles. The van der Waals surface area contributed by atoms with Crippen LogP contribution in [0.2, 0.25) is 0 Å². The van der Waals surface area contributed by atoms with E-state index < -0.39 is 10.0 Å². The highest BCUT2D eigenvalue weighted by Gasteiger charge is 2.35. The molecule has 1 aliphatic heterocycles. The molecule has 1 heterocycles. The highest BCUT2D eigenvalue weighted by atomic mass is 32.2. The molecule has 0 bridgehead atoms. The summed E-state index contributed by atoms with van der Waals surface area (Å²) >= 11 is 0. The molecule has 0 aliphatic carbocycles. The van der Waals surface area contributed by atoms with Gasteiger partial charge in [-0.25, -0.2) is 12.8 Å². The van der Waals surface area contributed by atoms with Gasteiger partial charge in [0.1, 0.15) is 5.82 Å². The van der Waals surface area contributed by atoms with Gasteiger partial charge in [-0.2, -0.15) is 4.31 Å². The van der Waals surface area contributed by atoms with E-state index >= 15 is 0 Å². The Morgan fingerprint density at radius 1 is 1.09 bits per heavy atom. The van der Waals surface area contributed by atoms with Crippen molar-refractivity contribution in [1.29, 1.82) is 0 Å². The normalized spacial score (nSPS) is 19.4. The van der Waals surface area contributed by atoms with E-state index in [4.69, 9.17) is 0 Å². The molecule has 1 atom stereocenters. The van der Waals surface area contributed by atoms with Gasteiger partial charge in [0.25, 0.3) is 0 Å². The van der Waals surface area contributed by atoms with Gasteiger partial charge in [0.2, 0.25) is 10.0 Å². The number of halogens is 1. The van der Waals surface area contributed by atoms with E-state index in [0.29, 0.717) is 6.54 Å². The van der Waals surface area contributed by atoms with Crippen molar-refractivity contribution in [2.75, 3.05) is 6.54 Å². The van der Waals surface area contributed by atoms with Crippen LogP contribution in [-0.4, -0.2) is 19.3 Å². The minimum Gasteiger partial charge on any atom is -0.212 e. The largest absolute Gasteiger partial charge is 0.218 e. The van der Waals surface area contributed by atoms with Crippen LogP contribution in [0.4, 0.5) is 4.39 Å². The van der Waals surface area contributed by atoms with Gasteiger partial charge in [0, 0.05) is 12.6 Å². The molecule has 0 spiro atoms. The van der Waals surface area contributed by atoms with Gasteiger partial charge in [-0.05, 0) is 36.1 Å². The van der Waals surface area contributed by atoms with Crippen molar-refractivity contribution in [3.05, 3.63) is 71.5 Å². The SMILES string of the molecule is O=S(=O)(Cc1ccccc1)N1CCC[C@H]1c1cccc(F)c1. The second-order valence-electron chi connectivity index (χ2n) is 5.57. The molecule has 1 saturated heterocycles. The maximum atomic E-state index is 13.4. The van der Waals surface area contributed by atoms with E-state index in [-0.39, 0.29) is 17.6 Å². The van der Waals surface area contributed by atoms with Gasteiger partial charge < -0.3 is 0 Å². The summed E-state index contributed by atoms with van der Waals surface area (Å²) in [5, 5.41) is 0. The van der Waals surface area contributed by atoms with Gasteiger partial charge in [-0.1, -0.05) is 42.5 Å². The molecule has 116 valence electrons. The molecule has 0 saturated carbocycles. The van der Waals surface area contributed by atoms with Crippen LogP contribution in [0.1, 0.15) is 30.0 Å². The number of rotatable bonds is 4. The summed E-state index contributed by atoms with van der Waals surface area (Å²) in [7, 11) is -3.41. The number of sulfonamides is 1. The van der Waals surface area contributed by atoms with Crippen molar-refractivity contribution < 1.29 is 12.8 Å². The van der Waals surface area contributed by atoms with Crippen LogP contribution in [0.3, 0.4) is 0 Å². The third-order valence-electron chi connectivity index (χ3n) is 3.99. The molecule has 0 unspecified atom stereocenters. The van der Waals surface area contributed by atoms with Gasteiger partial charge in [-0.15, -0.1) is 0 Å². The van der Waals surface area contributed by atoms with Crippen LogP contribution in [0.5, 0.6) is 0 Å². The zero-order valence-electron chi connectivity index (χ0n) is 12.2. The molecule has 1 aliphatic rings. The summed E-state index contributed by atoms with van der Waals surface area (Å²) in [5.74, 6) is -0.343. The first-order chi connectivity index (χ1) is 10.6. The highest BCUT2D eigenvalue weighted by molar-refractivity contribution is 7.88. The van der Waals surface area contributed by atoms with Crippen LogP contribution in [0.25, 0.3) is 0 Å². The van der Waals surface area contributed by atoms with Crippen molar-refractivity contribution in [3.63, 3.8) is 0 Å². The minimum atomic E-state index is -3.41. The Morgan fingerprint density at radius 3 is 2.59 bits per heavy atom. The van der Waals surface area contributed by atoms with Crippen molar-refractivity contribution >= 4 is 10.0 Å². The summed E-state index contributed by atoms with van der Waals surface area (Å²) in [6.07, 6.45) is 1.53. The Hall–Kier alpha value is -1.72. The summed E-state index contributed by atoms with van der Waals surface area (Å²) < 4.78 is 40.4. The average Bonchev–Trinajstić information content (AvgIpc) is 2.98. The lowest BCUT2D eigenvalue weighted by Gasteiger charge is -2.24. The standard InChI is InChI=1S/C17H18FNO2S/c18-16-9-4-8-15(12-16)17-10-5-11-19(17)22(20,21)13-14-6-2-1-3-7-14/h1-4,6-9,12,17H,5,10-11,13H2/t17-/m0/s1. The molecular weight excluding hydrogens is 301 g/mol. The molecule has 22 heavy (non-hydrogen) atoms. The Labute approximate surface area is 130 Å². The zero-order valence-corrected chi connectivity index (χ0v) is 13.0. The summed E-state index contributed by atoms with van der Waals surface area (Å²) in [4.78, 5) is 0. The first-order valence-corrected chi connectivity index (χ1v) is 8.96. The lowest BCUT2D eigenvalue weighted by atomic mass is 10.1. The maximum absolute atomic E-state index is 13.4. The van der Waals surface area contributed by atoms with E-state index in [1.807, 2.05) is 30.3 Å². The van der Waals surface area contributed by atoms with E-state index in [9.17, 15) is 12.8 Å². The molecule has 0 radical (unpaired) electrons. The number of hydrogen-bond donors (Lipinski definition) is 0. The highest BCUT2D eigenvalue weighted by Crippen LogP contribution is 2.35. The van der Waals surface area contributed by atoms with Crippen LogP contribution in [-0.2, 0) is 15.8 Å². The Morgan fingerprint density at radius 2 is 1.86 bits per heavy atom. The number of nitrogens with zero attached hydrogens (tertiary/aromatic N) is 1. The predicted octanol–water partition coefficient (Wildman–Crippen LogP) is 3.49. The average molecular weight is 319 g/mol. The fourth-order valence-corrected chi connectivity index (χ4v) is 4.79. The van der Waals surface area contributed by atoms with E-state index in [1.165, 1.54) is 16.4 Å². The second kappa shape index (κ2) is 6.18. The van der Waals surface area contributed by atoms with Crippen molar-refractivity contribution in [3.8, 4) is 0 Å². The Balaban J connectivity index is 1.86. The van der Waals surface area contributed by atoms with Crippen LogP contribution in [0.15, 0.2) is 54.6 Å². The zero-order chi connectivity index (χ0) is 15.6. The maximum Gasteiger partial charge on any atom is 0.218 e. The molecule has 2 aromatic rings. The van der Waals surface area contributed by atoms with Gasteiger partial charge in [0.15, 0.2) is 0 Å². The molecule has 3 nitrogen and oxygen atoms in total. The van der Waals surface area contributed by atoms with Crippen molar-refractivity contribution in [1.82, 2.24) is 4.31 Å². The van der Waals surface area contributed by atoms with Gasteiger partial charge in [-0.3, -0.25) is 0 Å². The van der Waals surface area contributed by atoms with Crippen LogP contribution < -0.4 is 0 Å². The van der Waals surface area contributed by atoms with E-state index in [0.717, 1.165) is 24.0 Å². The summed E-state index contributed by atoms with van der Waals surface area (Å²) in [6, 6.07) is 15.1. The first-order valence-electron chi connectivity index (χ1n) is 7.35. The lowest BCUT2D eigenvalue weighted by molar-refractivity contribution is 0.395. The Bertz CT molecular complexity index is 746. The van der Waals surface area contributed by atoms with E-state index in [2.05, 4.69) is 0 Å². The van der Waals surface area contributed by atoms with Crippen molar-refractivity contribution in [2.24, 2.45) is 0 Å².